The number of halogens is 4. The maximum Gasteiger partial charge on any atom is 0.389 e. The van der Waals surface area contributed by atoms with Crippen molar-refractivity contribution in [2.24, 2.45) is 0 Å². The Morgan fingerprint density at radius 3 is 2.50 bits per heavy atom. The lowest BCUT2D eigenvalue weighted by molar-refractivity contribution is -0.136. The number of alkyl halides is 3. The van der Waals surface area contributed by atoms with Gasteiger partial charge in [0.15, 0.2) is 0 Å². The van der Waals surface area contributed by atoms with Crippen LogP contribution in [-0.4, -0.2) is 18.6 Å². The molecule has 20 heavy (non-hydrogen) atoms. The molecule has 0 heterocycles. The topological polar surface area (TPSA) is 55.1 Å². The highest BCUT2D eigenvalue weighted by atomic mass is 35.5. The van der Waals surface area contributed by atoms with Crippen LogP contribution in [0.2, 0.25) is 0 Å². The third-order valence-corrected chi connectivity index (χ3v) is 2.64. The fourth-order valence-electron chi connectivity index (χ4n) is 1.62. The van der Waals surface area contributed by atoms with E-state index in [9.17, 15) is 18.0 Å². The van der Waals surface area contributed by atoms with Crippen molar-refractivity contribution in [3.8, 4) is 0 Å². The second-order valence-corrected chi connectivity index (χ2v) is 4.27. The SMILES string of the molecule is Cl.Nc1ccccc1CCC(=O)NCCCC(F)(F)F. The Hall–Kier alpha value is -1.43. The van der Waals surface area contributed by atoms with E-state index in [2.05, 4.69) is 5.32 Å². The Morgan fingerprint density at radius 2 is 1.90 bits per heavy atom. The maximum atomic E-state index is 11.9. The molecule has 1 aromatic carbocycles. The number of benzene rings is 1. The van der Waals surface area contributed by atoms with Gasteiger partial charge < -0.3 is 11.1 Å². The van der Waals surface area contributed by atoms with Crippen LogP contribution in [0, 0.1) is 0 Å². The molecule has 0 spiro atoms. The molecular weight excluding hydrogens is 293 g/mol. The van der Waals surface area contributed by atoms with Gasteiger partial charge in [-0.3, -0.25) is 4.79 Å². The maximum absolute atomic E-state index is 11.9. The van der Waals surface area contributed by atoms with Crippen molar-refractivity contribution in [1.29, 1.82) is 0 Å². The first kappa shape index (κ1) is 18.6. The highest BCUT2D eigenvalue weighted by molar-refractivity contribution is 5.85. The summed E-state index contributed by atoms with van der Waals surface area (Å²) in [4.78, 5) is 11.4. The van der Waals surface area contributed by atoms with E-state index in [4.69, 9.17) is 5.73 Å². The lowest BCUT2D eigenvalue weighted by atomic mass is 10.1. The van der Waals surface area contributed by atoms with E-state index in [0.29, 0.717) is 12.1 Å². The average molecular weight is 311 g/mol. The van der Waals surface area contributed by atoms with E-state index in [-0.39, 0.29) is 37.7 Å². The number of carbonyl (C=O) groups is 1. The number of aryl methyl sites for hydroxylation is 1. The third kappa shape index (κ3) is 7.89. The van der Waals surface area contributed by atoms with E-state index < -0.39 is 12.6 Å². The Balaban J connectivity index is 0.00000361. The van der Waals surface area contributed by atoms with Gasteiger partial charge in [0.2, 0.25) is 5.91 Å². The first-order valence-electron chi connectivity index (χ1n) is 6.05. The van der Waals surface area contributed by atoms with Crippen molar-refractivity contribution in [3.63, 3.8) is 0 Å². The molecule has 0 fully saturated rings. The number of para-hydroxylation sites is 1. The van der Waals surface area contributed by atoms with Crippen molar-refractivity contribution in [2.75, 3.05) is 12.3 Å². The monoisotopic (exact) mass is 310 g/mol. The molecule has 114 valence electrons. The van der Waals surface area contributed by atoms with Gasteiger partial charge in [-0.1, -0.05) is 18.2 Å². The summed E-state index contributed by atoms with van der Waals surface area (Å²) >= 11 is 0. The molecule has 0 saturated carbocycles. The fourth-order valence-corrected chi connectivity index (χ4v) is 1.62. The molecule has 0 bridgehead atoms. The van der Waals surface area contributed by atoms with Gasteiger partial charge in [0.25, 0.3) is 0 Å². The molecule has 0 radical (unpaired) electrons. The van der Waals surface area contributed by atoms with Gasteiger partial charge >= 0.3 is 6.18 Å². The normalized spacial score (nSPS) is 10.8. The van der Waals surface area contributed by atoms with Crippen LogP contribution in [0.5, 0.6) is 0 Å². The van der Waals surface area contributed by atoms with Crippen molar-refractivity contribution in [2.45, 2.75) is 31.9 Å². The Labute approximate surface area is 122 Å². The molecule has 0 aromatic heterocycles. The number of anilines is 1. The average Bonchev–Trinajstić information content (AvgIpc) is 2.32. The Morgan fingerprint density at radius 1 is 1.25 bits per heavy atom. The first-order chi connectivity index (χ1) is 8.88. The Kier molecular flexibility index (Phi) is 8.06. The minimum absolute atomic E-state index is 0. The molecule has 1 rings (SSSR count). The van der Waals surface area contributed by atoms with Crippen LogP contribution < -0.4 is 11.1 Å². The molecule has 0 saturated heterocycles. The lowest BCUT2D eigenvalue weighted by Crippen LogP contribution is -2.25. The molecule has 7 heteroatoms. The molecule has 0 aliphatic carbocycles. The van der Waals surface area contributed by atoms with E-state index in [1.165, 1.54) is 0 Å². The van der Waals surface area contributed by atoms with Crippen molar-refractivity contribution >= 4 is 24.0 Å². The molecular formula is C13H18ClF3N2O. The van der Waals surface area contributed by atoms with Crippen LogP contribution in [-0.2, 0) is 11.2 Å². The van der Waals surface area contributed by atoms with Crippen LogP contribution in [0.4, 0.5) is 18.9 Å². The van der Waals surface area contributed by atoms with Gasteiger partial charge in [-0.25, -0.2) is 0 Å². The lowest BCUT2D eigenvalue weighted by Gasteiger charge is -2.08. The van der Waals surface area contributed by atoms with Gasteiger partial charge in [-0.2, -0.15) is 13.2 Å². The zero-order valence-corrected chi connectivity index (χ0v) is 11.7. The number of nitrogen functional groups attached to an aromatic ring is 1. The molecule has 0 unspecified atom stereocenters. The smallest absolute Gasteiger partial charge is 0.389 e. The van der Waals surface area contributed by atoms with E-state index >= 15 is 0 Å². The first-order valence-corrected chi connectivity index (χ1v) is 6.05. The summed E-state index contributed by atoms with van der Waals surface area (Å²) in [5.74, 6) is -0.259. The number of rotatable bonds is 6. The van der Waals surface area contributed by atoms with E-state index in [1.54, 1.807) is 12.1 Å². The molecule has 1 aromatic rings. The minimum atomic E-state index is -4.16. The number of nitrogens with one attached hydrogen (secondary N) is 1. The number of hydrogen-bond acceptors (Lipinski definition) is 2. The Bertz CT molecular complexity index is 424. The quantitative estimate of drug-likeness (QED) is 0.626. The third-order valence-electron chi connectivity index (χ3n) is 2.64. The van der Waals surface area contributed by atoms with Gasteiger partial charge in [-0.15, -0.1) is 12.4 Å². The zero-order chi connectivity index (χ0) is 14.3. The van der Waals surface area contributed by atoms with E-state index in [0.717, 1.165) is 5.56 Å². The predicted molar refractivity (Wildman–Crippen MR) is 74.7 cm³/mol. The summed E-state index contributed by atoms with van der Waals surface area (Å²) in [6.07, 6.45) is -4.43. The molecule has 1 amide bonds. The number of amides is 1. The van der Waals surface area contributed by atoms with Crippen LogP contribution in [0.1, 0.15) is 24.8 Å². The van der Waals surface area contributed by atoms with Crippen LogP contribution in [0.25, 0.3) is 0 Å². The minimum Gasteiger partial charge on any atom is -0.399 e. The second-order valence-electron chi connectivity index (χ2n) is 4.27. The summed E-state index contributed by atoms with van der Waals surface area (Å²) in [5, 5.41) is 2.47. The zero-order valence-electron chi connectivity index (χ0n) is 10.9. The summed E-state index contributed by atoms with van der Waals surface area (Å²) in [6.45, 7) is 0.0443. The fraction of sp³-hybridized carbons (Fsp3) is 0.462. The molecule has 0 aliphatic rings. The summed E-state index contributed by atoms with van der Waals surface area (Å²) in [7, 11) is 0. The van der Waals surface area contributed by atoms with Gasteiger partial charge in [0.1, 0.15) is 0 Å². The van der Waals surface area contributed by atoms with Crippen molar-refractivity contribution in [1.82, 2.24) is 5.32 Å². The largest absolute Gasteiger partial charge is 0.399 e. The highest BCUT2D eigenvalue weighted by Crippen LogP contribution is 2.20. The van der Waals surface area contributed by atoms with Gasteiger partial charge in [-0.05, 0) is 24.5 Å². The summed E-state index contributed by atoms with van der Waals surface area (Å²) in [6, 6.07) is 7.20. The van der Waals surface area contributed by atoms with Gasteiger partial charge in [0, 0.05) is 25.1 Å². The second kappa shape index (κ2) is 8.68. The van der Waals surface area contributed by atoms with Crippen molar-refractivity contribution in [3.05, 3.63) is 29.8 Å². The number of nitrogens with two attached hydrogens (primary N) is 1. The van der Waals surface area contributed by atoms with E-state index in [1.807, 2.05) is 12.1 Å². The standard InChI is InChI=1S/C13H17F3N2O.ClH/c14-13(15,16)8-3-9-18-12(19)7-6-10-4-1-2-5-11(10)17;/h1-2,4-5H,3,6-9,17H2,(H,18,19);1H. The van der Waals surface area contributed by atoms with Crippen LogP contribution in [0.15, 0.2) is 24.3 Å². The van der Waals surface area contributed by atoms with Gasteiger partial charge in [0.05, 0.1) is 0 Å². The predicted octanol–water partition coefficient (Wildman–Crippen LogP) is 3.08. The highest BCUT2D eigenvalue weighted by Gasteiger charge is 2.25. The molecule has 0 atom stereocenters. The summed E-state index contributed by atoms with van der Waals surface area (Å²) < 4.78 is 35.6. The number of carbonyl (C=O) groups excluding carboxylic acids is 1. The molecule has 3 N–H and O–H groups in total. The summed E-state index contributed by atoms with van der Waals surface area (Å²) in [5.41, 5.74) is 7.21. The van der Waals surface area contributed by atoms with Crippen LogP contribution in [0.3, 0.4) is 0 Å². The molecule has 3 nitrogen and oxygen atoms in total. The molecule has 0 aliphatic heterocycles. The van der Waals surface area contributed by atoms with Crippen molar-refractivity contribution < 1.29 is 18.0 Å². The number of hydrogen-bond donors (Lipinski definition) is 2. The van der Waals surface area contributed by atoms with Crippen LogP contribution >= 0.6 is 12.4 Å².